The van der Waals surface area contributed by atoms with E-state index in [0.717, 1.165) is 5.56 Å². The quantitative estimate of drug-likeness (QED) is 0.0863. The highest BCUT2D eigenvalue weighted by molar-refractivity contribution is 9.10. The number of aromatic nitrogens is 1. The number of amides is 2. The molecule has 3 aromatic rings. The van der Waals surface area contributed by atoms with Gasteiger partial charge < -0.3 is 25.3 Å². The number of rotatable bonds is 13. The third kappa shape index (κ3) is 8.69. The van der Waals surface area contributed by atoms with Gasteiger partial charge in [-0.1, -0.05) is 6.07 Å². The number of hydrogen-bond donors (Lipinski definition) is 5. The maximum atomic E-state index is 12.9. The van der Waals surface area contributed by atoms with Crippen molar-refractivity contribution < 1.29 is 23.8 Å². The summed E-state index contributed by atoms with van der Waals surface area (Å²) in [4.78, 5) is 29.4. The molecular weight excluding hydrogens is 568 g/mol. The van der Waals surface area contributed by atoms with Crippen LogP contribution in [0, 0.1) is 5.41 Å². The number of benzene rings is 2. The molecule has 6 N–H and O–H groups in total. The molecular formula is C27H31BrN6O5. The second-order valence-electron chi connectivity index (χ2n) is 8.21. The van der Waals surface area contributed by atoms with Crippen LogP contribution in [-0.4, -0.2) is 49.6 Å². The summed E-state index contributed by atoms with van der Waals surface area (Å²) in [7, 11) is 1.60. The van der Waals surface area contributed by atoms with Crippen molar-refractivity contribution in [2.45, 2.75) is 19.4 Å². The average molecular weight is 599 g/mol. The number of carbonyl (C=O) groups is 2. The van der Waals surface area contributed by atoms with Gasteiger partial charge in [0, 0.05) is 29.0 Å². The first kappa shape index (κ1) is 29.4. The molecule has 0 radical (unpaired) electrons. The lowest BCUT2D eigenvalue weighted by Crippen LogP contribution is -2.42. The van der Waals surface area contributed by atoms with E-state index in [9.17, 15) is 9.59 Å². The second-order valence-corrected chi connectivity index (χ2v) is 9.06. The number of nitrogens with one attached hydrogen (secondary N) is 4. The number of hydrazine groups is 1. The molecule has 0 saturated heterocycles. The largest absolute Gasteiger partial charge is 0.490 e. The molecule has 0 fully saturated rings. The SMILES string of the molecule is CCOc1cc(C(CC(=O)NNC(=O)c2ncccc2Br)Nc2ccc(C(=N)N)cc2)ccc1OCCOC. The molecule has 12 heteroatoms. The van der Waals surface area contributed by atoms with Crippen LogP contribution in [0.15, 0.2) is 65.3 Å². The lowest BCUT2D eigenvalue weighted by Gasteiger charge is -2.22. The summed E-state index contributed by atoms with van der Waals surface area (Å²) in [5, 5.41) is 10.9. The summed E-state index contributed by atoms with van der Waals surface area (Å²) < 4.78 is 17.1. The minimum atomic E-state index is -0.559. The minimum Gasteiger partial charge on any atom is -0.490 e. The van der Waals surface area contributed by atoms with E-state index in [2.05, 4.69) is 37.1 Å². The van der Waals surface area contributed by atoms with Crippen molar-refractivity contribution in [1.29, 1.82) is 5.41 Å². The van der Waals surface area contributed by atoms with Crippen molar-refractivity contribution in [3.8, 4) is 11.5 Å². The fourth-order valence-corrected chi connectivity index (χ4v) is 3.97. The zero-order chi connectivity index (χ0) is 28.2. The van der Waals surface area contributed by atoms with Crippen LogP contribution >= 0.6 is 15.9 Å². The smallest absolute Gasteiger partial charge is 0.289 e. The summed E-state index contributed by atoms with van der Waals surface area (Å²) in [6.45, 7) is 3.07. The highest BCUT2D eigenvalue weighted by Gasteiger charge is 2.20. The van der Waals surface area contributed by atoms with Gasteiger partial charge in [-0.05, 0) is 76.9 Å². The molecule has 11 nitrogen and oxygen atoms in total. The summed E-state index contributed by atoms with van der Waals surface area (Å²) in [6, 6.07) is 15.2. The number of halogens is 1. The number of anilines is 1. The molecule has 39 heavy (non-hydrogen) atoms. The van der Waals surface area contributed by atoms with Crippen LogP contribution < -0.4 is 31.4 Å². The number of nitrogen functional groups attached to an aromatic ring is 1. The van der Waals surface area contributed by atoms with Crippen molar-refractivity contribution in [1.82, 2.24) is 15.8 Å². The van der Waals surface area contributed by atoms with Gasteiger partial charge in [0.2, 0.25) is 5.91 Å². The van der Waals surface area contributed by atoms with Gasteiger partial charge in [0.05, 0.1) is 25.7 Å². The standard InChI is InChI=1S/C27H31BrN6O5/c1-3-38-23-15-18(8-11-22(23)39-14-13-37-2)21(32-19-9-6-17(7-10-19)26(29)30)16-24(35)33-34-27(36)25-20(28)5-4-12-31-25/h4-12,15,21,32H,3,13-14,16H2,1-2H3,(H3,29,30)(H,33,35)(H,34,36). The summed E-state index contributed by atoms with van der Waals surface area (Å²) in [5.74, 6) is 0.0413. The number of ether oxygens (including phenoxy) is 3. The van der Waals surface area contributed by atoms with Crippen LogP contribution in [0.4, 0.5) is 5.69 Å². The van der Waals surface area contributed by atoms with E-state index >= 15 is 0 Å². The van der Waals surface area contributed by atoms with E-state index in [1.165, 1.54) is 6.20 Å². The first-order valence-electron chi connectivity index (χ1n) is 12.1. The van der Waals surface area contributed by atoms with Crippen LogP contribution in [0.3, 0.4) is 0 Å². The Morgan fingerprint density at radius 3 is 2.49 bits per heavy atom. The Balaban J connectivity index is 1.81. The molecule has 0 bridgehead atoms. The van der Waals surface area contributed by atoms with Gasteiger partial charge in [0.15, 0.2) is 11.5 Å². The predicted octanol–water partition coefficient (Wildman–Crippen LogP) is 3.56. The van der Waals surface area contributed by atoms with Gasteiger partial charge in [-0.15, -0.1) is 0 Å². The van der Waals surface area contributed by atoms with Crippen molar-refractivity contribution in [3.05, 3.63) is 82.1 Å². The lowest BCUT2D eigenvalue weighted by atomic mass is 10.0. The molecule has 0 aliphatic carbocycles. The van der Waals surface area contributed by atoms with Crippen LogP contribution in [0.2, 0.25) is 0 Å². The van der Waals surface area contributed by atoms with E-state index in [4.69, 9.17) is 25.4 Å². The normalized spacial score (nSPS) is 11.3. The average Bonchev–Trinajstić information content (AvgIpc) is 2.93. The molecule has 2 aromatic carbocycles. The summed E-state index contributed by atoms with van der Waals surface area (Å²) >= 11 is 3.27. The van der Waals surface area contributed by atoms with Crippen molar-refractivity contribution in [2.75, 3.05) is 32.2 Å². The molecule has 1 atom stereocenters. The third-order valence-electron chi connectivity index (χ3n) is 5.43. The fraction of sp³-hybridized carbons (Fsp3) is 0.259. The van der Waals surface area contributed by atoms with Crippen LogP contribution in [0.1, 0.15) is 41.0 Å². The molecule has 2 amide bonds. The number of amidine groups is 1. The fourth-order valence-electron chi connectivity index (χ4n) is 3.54. The van der Waals surface area contributed by atoms with Crippen LogP contribution in [-0.2, 0) is 9.53 Å². The Morgan fingerprint density at radius 2 is 1.82 bits per heavy atom. The highest BCUT2D eigenvalue weighted by Crippen LogP contribution is 2.33. The number of nitrogens with two attached hydrogens (primary N) is 1. The molecule has 0 saturated carbocycles. The van der Waals surface area contributed by atoms with Gasteiger partial charge in [-0.25, -0.2) is 4.98 Å². The van der Waals surface area contributed by atoms with E-state index in [1.54, 1.807) is 49.6 Å². The number of hydrogen-bond acceptors (Lipinski definition) is 8. The van der Waals surface area contributed by atoms with E-state index < -0.39 is 17.9 Å². The van der Waals surface area contributed by atoms with Gasteiger partial charge in [0.25, 0.3) is 5.91 Å². The topological polar surface area (TPSA) is 161 Å². The monoisotopic (exact) mass is 598 g/mol. The predicted molar refractivity (Wildman–Crippen MR) is 151 cm³/mol. The van der Waals surface area contributed by atoms with E-state index in [1.807, 2.05) is 19.1 Å². The molecule has 0 spiro atoms. The first-order chi connectivity index (χ1) is 18.8. The van der Waals surface area contributed by atoms with Gasteiger partial charge in [-0.2, -0.15) is 0 Å². The van der Waals surface area contributed by atoms with Crippen molar-refractivity contribution >= 4 is 39.3 Å². The number of nitrogens with zero attached hydrogens (tertiary/aromatic N) is 1. The zero-order valence-electron chi connectivity index (χ0n) is 21.6. The van der Waals surface area contributed by atoms with E-state index in [0.29, 0.717) is 47.0 Å². The minimum absolute atomic E-state index is 0.0342. The van der Waals surface area contributed by atoms with E-state index in [-0.39, 0.29) is 18.0 Å². The Kier molecular flexibility index (Phi) is 11.1. The van der Waals surface area contributed by atoms with Gasteiger partial charge in [-0.3, -0.25) is 25.8 Å². The third-order valence-corrected chi connectivity index (χ3v) is 6.07. The zero-order valence-corrected chi connectivity index (χ0v) is 23.2. The molecule has 206 valence electrons. The van der Waals surface area contributed by atoms with Crippen molar-refractivity contribution in [2.24, 2.45) is 5.73 Å². The number of carbonyl (C=O) groups excluding carboxylic acids is 2. The molecule has 0 aliphatic rings. The van der Waals surface area contributed by atoms with Gasteiger partial charge >= 0.3 is 0 Å². The Labute approximate surface area is 235 Å². The molecule has 1 heterocycles. The van der Waals surface area contributed by atoms with Gasteiger partial charge in [0.1, 0.15) is 18.1 Å². The summed E-state index contributed by atoms with van der Waals surface area (Å²) in [6.07, 6.45) is 1.45. The lowest BCUT2D eigenvalue weighted by molar-refractivity contribution is -0.122. The maximum absolute atomic E-state index is 12.9. The highest BCUT2D eigenvalue weighted by atomic mass is 79.9. The molecule has 1 unspecified atom stereocenters. The Bertz CT molecular complexity index is 1290. The summed E-state index contributed by atoms with van der Waals surface area (Å²) in [5.41, 5.74) is 12.6. The Hall–Kier alpha value is -4.16. The molecule has 3 rings (SSSR count). The second kappa shape index (κ2) is 14.7. The Morgan fingerprint density at radius 1 is 1.05 bits per heavy atom. The maximum Gasteiger partial charge on any atom is 0.289 e. The van der Waals surface area contributed by atoms with Crippen LogP contribution in [0.5, 0.6) is 11.5 Å². The first-order valence-corrected chi connectivity index (χ1v) is 12.9. The molecule has 1 aromatic heterocycles. The van der Waals surface area contributed by atoms with Crippen molar-refractivity contribution in [3.63, 3.8) is 0 Å². The molecule has 0 aliphatic heterocycles. The number of pyridine rings is 1. The van der Waals surface area contributed by atoms with Crippen LogP contribution in [0.25, 0.3) is 0 Å². The number of methoxy groups -OCH3 is 1.